The molecular formula is C20H16BrClN2OS. The van der Waals surface area contributed by atoms with E-state index in [0.29, 0.717) is 10.6 Å². The Hall–Kier alpha value is -1.95. The van der Waals surface area contributed by atoms with Crippen LogP contribution < -0.4 is 10.6 Å². The van der Waals surface area contributed by atoms with E-state index in [1.807, 2.05) is 50.2 Å². The van der Waals surface area contributed by atoms with E-state index < -0.39 is 0 Å². The Morgan fingerprint density at radius 2 is 1.65 bits per heavy atom. The van der Waals surface area contributed by atoms with Crippen molar-refractivity contribution in [1.82, 2.24) is 5.32 Å². The first-order valence-electron chi connectivity index (χ1n) is 7.93. The zero-order chi connectivity index (χ0) is 18.8. The number of hydrogen-bond donors (Lipinski definition) is 2. The highest BCUT2D eigenvalue weighted by atomic mass is 79.9. The van der Waals surface area contributed by atoms with Gasteiger partial charge < -0.3 is 5.32 Å². The largest absolute Gasteiger partial charge is 0.332 e. The number of carbonyl (C=O) groups is 1. The first-order valence-corrected chi connectivity index (χ1v) is 9.51. The molecule has 1 amide bonds. The minimum Gasteiger partial charge on any atom is -0.332 e. The van der Waals surface area contributed by atoms with E-state index in [1.54, 1.807) is 12.1 Å². The number of aryl methyl sites for hydroxylation is 2. The fraction of sp³-hybridized carbons (Fsp3) is 0.100. The van der Waals surface area contributed by atoms with Gasteiger partial charge in [-0.15, -0.1) is 0 Å². The summed E-state index contributed by atoms with van der Waals surface area (Å²) in [6.07, 6.45) is 0. The lowest BCUT2D eigenvalue weighted by Gasteiger charge is -2.15. The van der Waals surface area contributed by atoms with Crippen LogP contribution in [-0.2, 0) is 0 Å². The number of thiocarbonyl (C=S) groups is 1. The van der Waals surface area contributed by atoms with Crippen molar-refractivity contribution in [2.45, 2.75) is 13.8 Å². The number of fused-ring (bicyclic) bond motifs is 1. The van der Waals surface area contributed by atoms with Crippen LogP contribution in [0.4, 0.5) is 5.69 Å². The second-order valence-corrected chi connectivity index (χ2v) is 7.69. The van der Waals surface area contributed by atoms with Crippen molar-refractivity contribution < 1.29 is 4.79 Å². The third-order valence-electron chi connectivity index (χ3n) is 4.08. The molecule has 0 unspecified atom stereocenters. The summed E-state index contributed by atoms with van der Waals surface area (Å²) in [5.74, 6) is -0.275. The first kappa shape index (κ1) is 18.8. The highest BCUT2D eigenvalue weighted by Gasteiger charge is 2.14. The molecular weight excluding hydrogens is 432 g/mol. The van der Waals surface area contributed by atoms with E-state index in [1.165, 1.54) is 0 Å². The van der Waals surface area contributed by atoms with Crippen LogP contribution in [0.15, 0.2) is 53.0 Å². The van der Waals surface area contributed by atoms with Crippen molar-refractivity contribution in [2.75, 3.05) is 5.32 Å². The van der Waals surface area contributed by atoms with Gasteiger partial charge in [0.25, 0.3) is 5.91 Å². The lowest BCUT2D eigenvalue weighted by atomic mass is 10.0. The van der Waals surface area contributed by atoms with Gasteiger partial charge in [-0.05, 0) is 66.8 Å². The van der Waals surface area contributed by atoms with Gasteiger partial charge in [-0.2, -0.15) is 0 Å². The number of carbonyl (C=O) groups excluding carboxylic acids is 1. The number of benzene rings is 3. The average Bonchev–Trinajstić information content (AvgIpc) is 2.58. The van der Waals surface area contributed by atoms with Crippen molar-refractivity contribution in [3.63, 3.8) is 0 Å². The van der Waals surface area contributed by atoms with Crippen LogP contribution in [0.25, 0.3) is 10.8 Å². The normalized spacial score (nSPS) is 10.6. The molecule has 26 heavy (non-hydrogen) atoms. The Morgan fingerprint density at radius 1 is 1.04 bits per heavy atom. The van der Waals surface area contributed by atoms with E-state index >= 15 is 0 Å². The number of hydrogen-bond acceptors (Lipinski definition) is 2. The summed E-state index contributed by atoms with van der Waals surface area (Å²) < 4.78 is 1.00. The standard InChI is InChI=1S/C20H16BrClN2OS/c1-11-9-13(21)10-12(2)18(11)23-20(26)24-19(25)16-7-3-6-15-14(16)5-4-8-17(15)22/h3-10H,1-2H3,(H2,23,24,25,26). The van der Waals surface area contributed by atoms with Gasteiger partial charge in [-0.25, -0.2) is 0 Å². The van der Waals surface area contributed by atoms with Crippen LogP contribution in [0.5, 0.6) is 0 Å². The molecule has 0 bridgehead atoms. The number of rotatable bonds is 2. The average molecular weight is 448 g/mol. The molecule has 0 spiro atoms. The molecule has 0 saturated heterocycles. The molecule has 6 heteroatoms. The van der Waals surface area contributed by atoms with Gasteiger partial charge in [-0.3, -0.25) is 10.1 Å². The highest BCUT2D eigenvalue weighted by molar-refractivity contribution is 9.10. The Bertz CT molecular complexity index is 1010. The number of halogens is 2. The molecule has 0 saturated carbocycles. The monoisotopic (exact) mass is 446 g/mol. The lowest BCUT2D eigenvalue weighted by molar-refractivity contribution is 0.0979. The number of nitrogens with one attached hydrogen (secondary N) is 2. The molecule has 0 atom stereocenters. The molecule has 0 aliphatic heterocycles. The third-order valence-corrected chi connectivity index (χ3v) is 5.07. The van der Waals surface area contributed by atoms with Crippen molar-refractivity contribution in [1.29, 1.82) is 0 Å². The van der Waals surface area contributed by atoms with E-state index in [-0.39, 0.29) is 11.0 Å². The summed E-state index contributed by atoms with van der Waals surface area (Å²) in [4.78, 5) is 12.7. The number of amides is 1. The molecule has 0 aliphatic rings. The summed E-state index contributed by atoms with van der Waals surface area (Å²) in [7, 11) is 0. The molecule has 3 nitrogen and oxygen atoms in total. The Kier molecular flexibility index (Phi) is 5.61. The molecule has 0 aromatic heterocycles. The van der Waals surface area contributed by atoms with E-state index in [9.17, 15) is 4.79 Å². The van der Waals surface area contributed by atoms with E-state index in [2.05, 4.69) is 26.6 Å². The van der Waals surface area contributed by atoms with Crippen molar-refractivity contribution >= 4 is 67.2 Å². The van der Waals surface area contributed by atoms with E-state index in [0.717, 1.165) is 32.1 Å². The zero-order valence-corrected chi connectivity index (χ0v) is 17.3. The van der Waals surface area contributed by atoms with Gasteiger partial charge >= 0.3 is 0 Å². The fourth-order valence-electron chi connectivity index (χ4n) is 2.89. The molecule has 2 N–H and O–H groups in total. The van der Waals surface area contributed by atoms with Crippen LogP contribution in [0.3, 0.4) is 0 Å². The maximum atomic E-state index is 12.7. The van der Waals surface area contributed by atoms with Crippen LogP contribution in [0, 0.1) is 13.8 Å². The Balaban J connectivity index is 1.83. The van der Waals surface area contributed by atoms with Gasteiger partial charge in [0.15, 0.2) is 5.11 Å². The van der Waals surface area contributed by atoms with Gasteiger partial charge in [-0.1, -0.05) is 51.8 Å². The quantitative estimate of drug-likeness (QED) is 0.473. The summed E-state index contributed by atoms with van der Waals surface area (Å²) in [6.45, 7) is 3.97. The maximum absolute atomic E-state index is 12.7. The molecule has 3 aromatic rings. The van der Waals surface area contributed by atoms with Crippen LogP contribution in [0.1, 0.15) is 21.5 Å². The van der Waals surface area contributed by atoms with Crippen LogP contribution >= 0.6 is 39.7 Å². The highest BCUT2D eigenvalue weighted by Crippen LogP contribution is 2.27. The van der Waals surface area contributed by atoms with E-state index in [4.69, 9.17) is 23.8 Å². The molecule has 0 radical (unpaired) electrons. The van der Waals surface area contributed by atoms with Crippen LogP contribution in [-0.4, -0.2) is 11.0 Å². The van der Waals surface area contributed by atoms with Gasteiger partial charge in [0.05, 0.1) is 0 Å². The smallest absolute Gasteiger partial charge is 0.258 e. The van der Waals surface area contributed by atoms with Gasteiger partial charge in [0.2, 0.25) is 0 Å². The molecule has 0 fully saturated rings. The predicted octanol–water partition coefficient (Wildman–Crippen LogP) is 6.00. The molecule has 0 aliphatic carbocycles. The fourth-order valence-corrected chi connectivity index (χ4v) is 4.01. The Morgan fingerprint density at radius 3 is 2.35 bits per heavy atom. The predicted molar refractivity (Wildman–Crippen MR) is 116 cm³/mol. The van der Waals surface area contributed by atoms with Crippen LogP contribution in [0.2, 0.25) is 5.02 Å². The zero-order valence-electron chi connectivity index (χ0n) is 14.2. The first-order chi connectivity index (χ1) is 12.4. The maximum Gasteiger partial charge on any atom is 0.258 e. The van der Waals surface area contributed by atoms with Gasteiger partial charge in [0, 0.05) is 26.1 Å². The minimum absolute atomic E-state index is 0.252. The third kappa shape index (κ3) is 3.90. The van der Waals surface area contributed by atoms with Gasteiger partial charge in [0.1, 0.15) is 0 Å². The number of anilines is 1. The molecule has 3 rings (SSSR count). The summed E-state index contributed by atoms with van der Waals surface area (Å²) in [6, 6.07) is 14.9. The summed E-state index contributed by atoms with van der Waals surface area (Å²) in [5, 5.41) is 8.35. The molecule has 132 valence electrons. The Labute approximate surface area is 170 Å². The van der Waals surface area contributed by atoms with Crippen molar-refractivity contribution in [3.8, 4) is 0 Å². The second kappa shape index (κ2) is 7.74. The minimum atomic E-state index is -0.275. The molecule has 3 aromatic carbocycles. The summed E-state index contributed by atoms with van der Waals surface area (Å²) in [5.41, 5.74) is 3.48. The van der Waals surface area contributed by atoms with Crippen molar-refractivity contribution in [3.05, 3.63) is 74.7 Å². The molecule has 0 heterocycles. The lowest BCUT2D eigenvalue weighted by Crippen LogP contribution is -2.34. The summed E-state index contributed by atoms with van der Waals surface area (Å²) >= 11 is 15.0. The second-order valence-electron chi connectivity index (χ2n) is 5.96. The SMILES string of the molecule is Cc1cc(Br)cc(C)c1NC(=S)NC(=O)c1cccc2c(Cl)cccc12. The van der Waals surface area contributed by atoms with Crippen molar-refractivity contribution in [2.24, 2.45) is 0 Å². The topological polar surface area (TPSA) is 41.1 Å².